The summed E-state index contributed by atoms with van der Waals surface area (Å²) >= 11 is 0. The summed E-state index contributed by atoms with van der Waals surface area (Å²) in [4.78, 5) is -0.457. The van der Waals surface area contributed by atoms with Crippen LogP contribution in [0.1, 0.15) is 25.3 Å². The molecule has 0 bridgehead atoms. The maximum absolute atomic E-state index is 13.7. The Balaban J connectivity index is 3.03. The van der Waals surface area contributed by atoms with Crippen molar-refractivity contribution in [1.82, 2.24) is 4.72 Å². The number of rotatable bonds is 8. The van der Waals surface area contributed by atoms with E-state index in [4.69, 9.17) is 9.84 Å². The summed E-state index contributed by atoms with van der Waals surface area (Å²) in [6, 6.07) is 3.10. The van der Waals surface area contributed by atoms with Gasteiger partial charge in [-0.1, -0.05) is 19.4 Å². The Kier molecular flexibility index (Phi) is 6.54. The van der Waals surface area contributed by atoms with Crippen molar-refractivity contribution in [3.05, 3.63) is 29.6 Å². The minimum atomic E-state index is -3.98. The molecule has 0 radical (unpaired) electrons. The Morgan fingerprint density at radius 3 is 2.70 bits per heavy atom. The molecule has 114 valence electrons. The van der Waals surface area contributed by atoms with Crippen LogP contribution in [0.2, 0.25) is 0 Å². The normalized spacial score (nSPS) is 13.4. The molecule has 0 aliphatic carbocycles. The fraction of sp³-hybridized carbons (Fsp3) is 0.538. The molecule has 1 aromatic carbocycles. The van der Waals surface area contributed by atoms with E-state index in [0.717, 1.165) is 18.6 Å². The number of nitrogens with one attached hydrogen (secondary N) is 1. The Hall–Kier alpha value is -1.02. The van der Waals surface area contributed by atoms with E-state index in [1.165, 1.54) is 13.2 Å². The lowest BCUT2D eigenvalue weighted by Crippen LogP contribution is -2.38. The van der Waals surface area contributed by atoms with E-state index in [2.05, 4.69) is 4.72 Å². The number of hydrogen-bond donors (Lipinski definition) is 2. The molecule has 1 atom stereocenters. The zero-order valence-corrected chi connectivity index (χ0v) is 12.4. The van der Waals surface area contributed by atoms with E-state index < -0.39 is 26.8 Å². The van der Waals surface area contributed by atoms with E-state index in [0.29, 0.717) is 12.0 Å². The number of hydrogen-bond acceptors (Lipinski definition) is 4. The predicted molar refractivity (Wildman–Crippen MR) is 73.2 cm³/mol. The van der Waals surface area contributed by atoms with Gasteiger partial charge in [0.2, 0.25) is 10.0 Å². The highest BCUT2D eigenvalue weighted by molar-refractivity contribution is 7.89. The van der Waals surface area contributed by atoms with Crippen molar-refractivity contribution in [3.63, 3.8) is 0 Å². The lowest BCUT2D eigenvalue weighted by molar-refractivity contribution is 0.171. The van der Waals surface area contributed by atoms with Crippen LogP contribution in [0.15, 0.2) is 23.1 Å². The van der Waals surface area contributed by atoms with Crippen molar-refractivity contribution >= 4 is 10.0 Å². The summed E-state index contributed by atoms with van der Waals surface area (Å²) in [5, 5.41) is 9.01. The summed E-state index contributed by atoms with van der Waals surface area (Å²) in [5.41, 5.74) is 0.338. The number of methoxy groups -OCH3 is 1. The molecule has 0 aromatic heterocycles. The van der Waals surface area contributed by atoms with E-state index in [9.17, 15) is 12.8 Å². The third-order valence-corrected chi connectivity index (χ3v) is 4.33. The molecule has 0 fully saturated rings. The maximum atomic E-state index is 13.7. The van der Waals surface area contributed by atoms with E-state index >= 15 is 0 Å². The van der Waals surface area contributed by atoms with Crippen LogP contribution in [0.25, 0.3) is 0 Å². The number of benzene rings is 1. The average Bonchev–Trinajstić information content (AvgIpc) is 2.39. The number of halogens is 1. The molecule has 5 nitrogen and oxygen atoms in total. The predicted octanol–water partition coefficient (Wildman–Crippen LogP) is 1.41. The number of aliphatic hydroxyl groups excluding tert-OH is 1. The van der Waals surface area contributed by atoms with Crippen molar-refractivity contribution in [3.8, 4) is 0 Å². The highest BCUT2D eigenvalue weighted by Crippen LogP contribution is 2.17. The minimum absolute atomic E-state index is 0.217. The minimum Gasteiger partial charge on any atom is -0.392 e. The lowest BCUT2D eigenvalue weighted by Gasteiger charge is -2.17. The first kappa shape index (κ1) is 17.0. The molecule has 0 spiro atoms. The second kappa shape index (κ2) is 7.68. The molecule has 1 aromatic rings. The fourth-order valence-electron chi connectivity index (χ4n) is 1.86. The van der Waals surface area contributed by atoms with Gasteiger partial charge in [-0.2, -0.15) is 0 Å². The van der Waals surface area contributed by atoms with Crippen LogP contribution in [0.5, 0.6) is 0 Å². The number of ether oxygens (including phenoxy) is 1. The second-order valence-electron chi connectivity index (χ2n) is 4.49. The molecule has 1 unspecified atom stereocenters. The Morgan fingerprint density at radius 1 is 1.45 bits per heavy atom. The molecule has 7 heteroatoms. The molecule has 1 rings (SSSR count). The number of aliphatic hydroxyl groups is 1. The van der Waals surface area contributed by atoms with Crippen LogP contribution in [0, 0.1) is 5.82 Å². The zero-order chi connectivity index (χ0) is 15.2. The van der Waals surface area contributed by atoms with Crippen LogP contribution in [0.3, 0.4) is 0 Å². The van der Waals surface area contributed by atoms with Gasteiger partial charge in [-0.3, -0.25) is 0 Å². The van der Waals surface area contributed by atoms with Gasteiger partial charge in [-0.15, -0.1) is 0 Å². The first-order chi connectivity index (χ1) is 9.44. The fourth-order valence-corrected chi connectivity index (χ4v) is 3.24. The van der Waals surface area contributed by atoms with Gasteiger partial charge in [0, 0.05) is 13.2 Å². The Morgan fingerprint density at radius 2 is 2.15 bits per heavy atom. The summed E-state index contributed by atoms with van der Waals surface area (Å²) in [6.45, 7) is 1.79. The van der Waals surface area contributed by atoms with Gasteiger partial charge >= 0.3 is 0 Å². The first-order valence-electron chi connectivity index (χ1n) is 6.35. The topological polar surface area (TPSA) is 75.6 Å². The molecule has 0 saturated carbocycles. The molecule has 0 amide bonds. The van der Waals surface area contributed by atoms with Crippen molar-refractivity contribution in [2.45, 2.75) is 37.3 Å². The van der Waals surface area contributed by atoms with Crippen LogP contribution in [0.4, 0.5) is 4.39 Å². The zero-order valence-electron chi connectivity index (χ0n) is 11.6. The van der Waals surface area contributed by atoms with Crippen molar-refractivity contribution < 1.29 is 22.7 Å². The van der Waals surface area contributed by atoms with Crippen LogP contribution >= 0.6 is 0 Å². The molecule has 0 aliphatic heterocycles. The van der Waals surface area contributed by atoms with Crippen molar-refractivity contribution in [2.24, 2.45) is 0 Å². The van der Waals surface area contributed by atoms with Crippen molar-refractivity contribution in [2.75, 3.05) is 13.7 Å². The molecular weight excluding hydrogens is 285 g/mol. The average molecular weight is 305 g/mol. The van der Waals surface area contributed by atoms with Gasteiger partial charge < -0.3 is 9.84 Å². The monoisotopic (exact) mass is 305 g/mol. The lowest BCUT2D eigenvalue weighted by atomic mass is 10.2. The van der Waals surface area contributed by atoms with Gasteiger partial charge in [0.05, 0.1) is 13.2 Å². The van der Waals surface area contributed by atoms with Gasteiger partial charge in [0.15, 0.2) is 0 Å². The van der Waals surface area contributed by atoms with Crippen molar-refractivity contribution in [1.29, 1.82) is 0 Å². The summed E-state index contributed by atoms with van der Waals surface area (Å²) in [6.07, 6.45) is 1.37. The quantitative estimate of drug-likeness (QED) is 0.761. The van der Waals surface area contributed by atoms with Gasteiger partial charge in [0.1, 0.15) is 10.7 Å². The van der Waals surface area contributed by atoms with Crippen LogP contribution in [-0.4, -0.2) is 33.3 Å². The standard InChI is InChI=1S/C13H20FNO4S/c1-3-4-11(9-19-2)15-20(17,18)13-7-10(8-16)5-6-12(13)14/h5-7,11,15-16H,3-4,8-9H2,1-2H3. The molecule has 0 aliphatic rings. The third-order valence-electron chi connectivity index (χ3n) is 2.79. The van der Waals surface area contributed by atoms with E-state index in [-0.39, 0.29) is 13.2 Å². The molecular formula is C13H20FNO4S. The van der Waals surface area contributed by atoms with Gasteiger partial charge in [-0.05, 0) is 24.1 Å². The Labute approximate surface area is 118 Å². The van der Waals surface area contributed by atoms with E-state index in [1.54, 1.807) is 0 Å². The summed E-state index contributed by atoms with van der Waals surface area (Å²) in [7, 11) is -2.51. The Bertz CT molecular complexity index is 527. The van der Waals surface area contributed by atoms with Crippen LogP contribution < -0.4 is 4.72 Å². The molecule has 0 heterocycles. The molecule has 0 saturated heterocycles. The SMILES string of the molecule is CCCC(COC)NS(=O)(=O)c1cc(CO)ccc1F. The summed E-state index contributed by atoms with van der Waals surface area (Å²) < 4.78 is 45.5. The smallest absolute Gasteiger partial charge is 0.243 e. The third kappa shape index (κ3) is 4.52. The van der Waals surface area contributed by atoms with Gasteiger partial charge in [-0.25, -0.2) is 17.5 Å². The second-order valence-corrected chi connectivity index (χ2v) is 6.17. The maximum Gasteiger partial charge on any atom is 0.243 e. The van der Waals surface area contributed by atoms with E-state index in [1.807, 2.05) is 6.92 Å². The number of sulfonamides is 1. The van der Waals surface area contributed by atoms with Crippen LogP contribution in [-0.2, 0) is 21.4 Å². The summed E-state index contributed by atoms with van der Waals surface area (Å²) in [5.74, 6) is -0.845. The van der Waals surface area contributed by atoms with Gasteiger partial charge in [0.25, 0.3) is 0 Å². The first-order valence-corrected chi connectivity index (χ1v) is 7.83. The highest BCUT2D eigenvalue weighted by atomic mass is 32.2. The molecule has 20 heavy (non-hydrogen) atoms. The molecule has 2 N–H and O–H groups in total. The highest BCUT2D eigenvalue weighted by Gasteiger charge is 2.23. The largest absolute Gasteiger partial charge is 0.392 e.